The van der Waals surface area contributed by atoms with Gasteiger partial charge in [0, 0.05) is 11.3 Å². The van der Waals surface area contributed by atoms with Crippen LogP contribution in [0.15, 0.2) is 36.4 Å². The number of halogens is 1. The van der Waals surface area contributed by atoms with Gasteiger partial charge < -0.3 is 26.3 Å². The number of methoxy groups -OCH3 is 1. The van der Waals surface area contributed by atoms with Crippen molar-refractivity contribution >= 4 is 35.0 Å². The van der Waals surface area contributed by atoms with Crippen LogP contribution in [0, 0.1) is 0 Å². The minimum atomic E-state index is -0.672. The summed E-state index contributed by atoms with van der Waals surface area (Å²) in [7, 11) is 1.38. The van der Waals surface area contributed by atoms with Gasteiger partial charge in [0.25, 0.3) is 11.8 Å². The molecule has 27 heavy (non-hydrogen) atoms. The molecular weight excluding hydrogens is 374 g/mol. The Kier molecular flexibility index (Phi) is 6.62. The van der Waals surface area contributed by atoms with E-state index in [-0.39, 0.29) is 35.1 Å². The molecule has 5 N–H and O–H groups in total. The van der Waals surface area contributed by atoms with E-state index in [2.05, 4.69) is 5.32 Å². The van der Waals surface area contributed by atoms with Crippen molar-refractivity contribution in [2.45, 2.75) is 6.42 Å². The van der Waals surface area contributed by atoms with Gasteiger partial charge in [-0.2, -0.15) is 0 Å². The van der Waals surface area contributed by atoms with Crippen LogP contribution in [0.5, 0.6) is 11.5 Å². The van der Waals surface area contributed by atoms with Crippen molar-refractivity contribution < 1.29 is 23.9 Å². The first-order chi connectivity index (χ1) is 12.8. The highest BCUT2D eigenvalue weighted by molar-refractivity contribution is 6.32. The maximum atomic E-state index is 12.5. The number of anilines is 1. The van der Waals surface area contributed by atoms with Gasteiger partial charge in [-0.25, -0.2) is 0 Å². The minimum absolute atomic E-state index is 0.0950. The van der Waals surface area contributed by atoms with Crippen LogP contribution < -0.4 is 26.3 Å². The first kappa shape index (κ1) is 20.1. The highest BCUT2D eigenvalue weighted by atomic mass is 35.5. The number of amides is 3. The molecule has 0 aliphatic rings. The Morgan fingerprint density at radius 3 is 2.30 bits per heavy atom. The summed E-state index contributed by atoms with van der Waals surface area (Å²) < 4.78 is 10.4. The van der Waals surface area contributed by atoms with Gasteiger partial charge >= 0.3 is 0 Å². The van der Waals surface area contributed by atoms with Crippen molar-refractivity contribution in [2.75, 3.05) is 19.0 Å². The minimum Gasteiger partial charge on any atom is -0.493 e. The predicted octanol–water partition coefficient (Wildman–Crippen LogP) is 1.49. The summed E-state index contributed by atoms with van der Waals surface area (Å²) in [5.74, 6) is -1.24. The number of nitrogens with one attached hydrogen (secondary N) is 1. The van der Waals surface area contributed by atoms with Crippen LogP contribution in [0.3, 0.4) is 0 Å². The number of benzene rings is 2. The summed E-state index contributed by atoms with van der Waals surface area (Å²) in [5, 5.41) is 2.80. The molecular formula is C18H18ClN3O5. The van der Waals surface area contributed by atoms with E-state index in [0.29, 0.717) is 5.69 Å². The van der Waals surface area contributed by atoms with Crippen molar-refractivity contribution in [3.05, 3.63) is 52.5 Å². The standard InChI is InChI=1S/C18H18ClN3O5/c1-26-14-8-11(7-13(19)17(14)27-9-16(21)24)18(25)22-12-4-2-10(3-5-12)6-15(20)23/h2-5,7-8H,6,9H2,1H3,(H2,20,23)(H2,21,24)(H,22,25). The van der Waals surface area contributed by atoms with Crippen molar-refractivity contribution in [1.82, 2.24) is 0 Å². The normalized spacial score (nSPS) is 10.1. The lowest BCUT2D eigenvalue weighted by Gasteiger charge is -2.13. The van der Waals surface area contributed by atoms with E-state index in [1.807, 2.05) is 0 Å². The Balaban J connectivity index is 2.17. The molecule has 0 aromatic heterocycles. The maximum Gasteiger partial charge on any atom is 0.255 e. The number of carbonyl (C=O) groups is 3. The zero-order valence-electron chi connectivity index (χ0n) is 14.5. The number of rotatable bonds is 8. The fourth-order valence-electron chi connectivity index (χ4n) is 2.24. The van der Waals surface area contributed by atoms with Gasteiger partial charge in [0.1, 0.15) is 0 Å². The molecule has 2 aromatic rings. The Morgan fingerprint density at radius 1 is 1.07 bits per heavy atom. The molecule has 0 aliphatic heterocycles. The molecule has 0 saturated heterocycles. The molecule has 2 rings (SSSR count). The molecule has 8 nitrogen and oxygen atoms in total. The fourth-order valence-corrected chi connectivity index (χ4v) is 2.51. The van der Waals surface area contributed by atoms with Crippen LogP contribution in [0.4, 0.5) is 5.69 Å². The largest absolute Gasteiger partial charge is 0.493 e. The molecule has 0 fully saturated rings. The average molecular weight is 392 g/mol. The van der Waals surface area contributed by atoms with Crippen LogP contribution in [0.25, 0.3) is 0 Å². The Morgan fingerprint density at radius 2 is 1.74 bits per heavy atom. The molecule has 9 heteroatoms. The summed E-state index contributed by atoms with van der Waals surface area (Å²) in [6.07, 6.45) is 0.119. The van der Waals surface area contributed by atoms with Crippen LogP contribution in [0.2, 0.25) is 5.02 Å². The van der Waals surface area contributed by atoms with Crippen molar-refractivity contribution in [1.29, 1.82) is 0 Å². The van der Waals surface area contributed by atoms with Crippen LogP contribution in [-0.2, 0) is 16.0 Å². The molecule has 0 unspecified atom stereocenters. The zero-order chi connectivity index (χ0) is 20.0. The van der Waals surface area contributed by atoms with E-state index in [9.17, 15) is 14.4 Å². The molecule has 0 heterocycles. The third-order valence-electron chi connectivity index (χ3n) is 3.44. The molecule has 0 radical (unpaired) electrons. The van der Waals surface area contributed by atoms with Gasteiger partial charge in [-0.1, -0.05) is 23.7 Å². The molecule has 0 bridgehead atoms. The van der Waals surface area contributed by atoms with E-state index < -0.39 is 17.7 Å². The second kappa shape index (κ2) is 8.91. The summed E-state index contributed by atoms with van der Waals surface area (Å²) in [6, 6.07) is 9.50. The van der Waals surface area contributed by atoms with Gasteiger partial charge in [0.2, 0.25) is 5.91 Å². The first-order valence-corrected chi connectivity index (χ1v) is 8.15. The maximum absolute atomic E-state index is 12.5. The third kappa shape index (κ3) is 5.61. The Hall–Kier alpha value is -3.26. The van der Waals surface area contributed by atoms with Gasteiger partial charge in [0.05, 0.1) is 18.6 Å². The number of primary amides is 2. The topological polar surface area (TPSA) is 134 Å². The van der Waals surface area contributed by atoms with Gasteiger partial charge in [-0.15, -0.1) is 0 Å². The number of ether oxygens (including phenoxy) is 2. The van der Waals surface area contributed by atoms with Crippen LogP contribution in [-0.4, -0.2) is 31.4 Å². The zero-order valence-corrected chi connectivity index (χ0v) is 15.2. The van der Waals surface area contributed by atoms with E-state index >= 15 is 0 Å². The summed E-state index contributed by atoms with van der Waals surface area (Å²) >= 11 is 6.13. The molecule has 0 spiro atoms. The average Bonchev–Trinajstić information content (AvgIpc) is 2.61. The lowest BCUT2D eigenvalue weighted by atomic mass is 10.1. The fraction of sp³-hybridized carbons (Fsp3) is 0.167. The van der Waals surface area contributed by atoms with E-state index in [4.69, 9.17) is 32.5 Å². The van der Waals surface area contributed by atoms with Crippen LogP contribution >= 0.6 is 11.6 Å². The lowest BCUT2D eigenvalue weighted by molar-refractivity contribution is -0.120. The number of hydrogen-bond donors (Lipinski definition) is 3. The van der Waals surface area contributed by atoms with Crippen molar-refractivity contribution in [3.63, 3.8) is 0 Å². The van der Waals surface area contributed by atoms with E-state index in [0.717, 1.165) is 5.56 Å². The van der Waals surface area contributed by atoms with Gasteiger partial charge in [0.15, 0.2) is 18.1 Å². The molecule has 0 atom stereocenters. The molecule has 0 saturated carbocycles. The first-order valence-electron chi connectivity index (χ1n) is 7.77. The molecule has 3 amide bonds. The second-order valence-corrected chi connectivity index (χ2v) is 5.95. The molecule has 2 aromatic carbocycles. The summed E-state index contributed by atoms with van der Waals surface area (Å²) in [6.45, 7) is -0.376. The predicted molar refractivity (Wildman–Crippen MR) is 100.0 cm³/mol. The highest BCUT2D eigenvalue weighted by Crippen LogP contribution is 2.36. The Bertz CT molecular complexity index is 868. The number of hydrogen-bond acceptors (Lipinski definition) is 5. The summed E-state index contributed by atoms with van der Waals surface area (Å²) in [4.78, 5) is 34.2. The Labute approximate surface area is 160 Å². The van der Waals surface area contributed by atoms with Gasteiger partial charge in [-0.3, -0.25) is 14.4 Å². The van der Waals surface area contributed by atoms with Crippen LogP contribution in [0.1, 0.15) is 15.9 Å². The molecule has 142 valence electrons. The number of carbonyl (C=O) groups excluding carboxylic acids is 3. The quantitative estimate of drug-likeness (QED) is 0.626. The molecule has 0 aliphatic carbocycles. The van der Waals surface area contributed by atoms with Crippen molar-refractivity contribution in [2.24, 2.45) is 11.5 Å². The monoisotopic (exact) mass is 391 g/mol. The van der Waals surface area contributed by atoms with E-state index in [1.165, 1.54) is 19.2 Å². The lowest BCUT2D eigenvalue weighted by Crippen LogP contribution is -2.20. The smallest absolute Gasteiger partial charge is 0.255 e. The number of nitrogens with two attached hydrogens (primary N) is 2. The SMILES string of the molecule is COc1cc(C(=O)Nc2ccc(CC(N)=O)cc2)cc(Cl)c1OCC(N)=O. The van der Waals surface area contributed by atoms with Crippen molar-refractivity contribution in [3.8, 4) is 11.5 Å². The summed E-state index contributed by atoms with van der Waals surface area (Å²) in [5.41, 5.74) is 11.7. The van der Waals surface area contributed by atoms with E-state index in [1.54, 1.807) is 24.3 Å². The third-order valence-corrected chi connectivity index (χ3v) is 3.72. The second-order valence-electron chi connectivity index (χ2n) is 5.54. The van der Waals surface area contributed by atoms with Gasteiger partial charge in [-0.05, 0) is 29.8 Å². The highest BCUT2D eigenvalue weighted by Gasteiger charge is 2.17.